The summed E-state index contributed by atoms with van der Waals surface area (Å²) >= 11 is 0. The molecule has 1 fully saturated rings. The van der Waals surface area contributed by atoms with Crippen LogP contribution in [-0.4, -0.2) is 48.6 Å². The first-order valence-corrected chi connectivity index (χ1v) is 7.91. The molecule has 5 nitrogen and oxygen atoms in total. The summed E-state index contributed by atoms with van der Waals surface area (Å²) in [7, 11) is 1.65. The van der Waals surface area contributed by atoms with Gasteiger partial charge >= 0.3 is 0 Å². The largest absolute Gasteiger partial charge is 0.385 e. The lowest BCUT2D eigenvalue weighted by Crippen LogP contribution is -2.67. The highest BCUT2D eigenvalue weighted by atomic mass is 16.5. The van der Waals surface area contributed by atoms with Gasteiger partial charge in [0, 0.05) is 19.8 Å². The van der Waals surface area contributed by atoms with E-state index in [0.717, 1.165) is 6.42 Å². The quantitative estimate of drug-likeness (QED) is 0.780. The maximum absolute atomic E-state index is 12.8. The highest BCUT2D eigenvalue weighted by Crippen LogP contribution is 2.24. The molecular weight excluding hydrogens is 268 g/mol. The van der Waals surface area contributed by atoms with E-state index in [1.54, 1.807) is 12.0 Å². The SMILES string of the molecule is COCCC(C)N1C(=O)C(CC(C)C)NC(=O)C1C(C)C. The monoisotopic (exact) mass is 298 g/mol. The number of methoxy groups -OCH3 is 1. The maximum Gasteiger partial charge on any atom is 0.246 e. The van der Waals surface area contributed by atoms with Gasteiger partial charge in [0.15, 0.2) is 0 Å². The fourth-order valence-corrected chi connectivity index (χ4v) is 2.94. The van der Waals surface area contributed by atoms with Crippen LogP contribution in [0, 0.1) is 11.8 Å². The van der Waals surface area contributed by atoms with Gasteiger partial charge in [0.25, 0.3) is 0 Å². The van der Waals surface area contributed by atoms with E-state index in [-0.39, 0.29) is 29.8 Å². The van der Waals surface area contributed by atoms with Crippen LogP contribution in [0.3, 0.4) is 0 Å². The molecule has 1 heterocycles. The van der Waals surface area contributed by atoms with Gasteiger partial charge in [-0.2, -0.15) is 0 Å². The van der Waals surface area contributed by atoms with E-state index >= 15 is 0 Å². The second kappa shape index (κ2) is 7.78. The van der Waals surface area contributed by atoms with Gasteiger partial charge in [-0.05, 0) is 31.6 Å². The molecule has 3 atom stereocenters. The first kappa shape index (κ1) is 18.0. The van der Waals surface area contributed by atoms with Crippen molar-refractivity contribution < 1.29 is 14.3 Å². The molecule has 2 amide bonds. The molecule has 0 radical (unpaired) electrons. The van der Waals surface area contributed by atoms with Crippen molar-refractivity contribution in [2.75, 3.05) is 13.7 Å². The Bertz CT molecular complexity index is 369. The van der Waals surface area contributed by atoms with Gasteiger partial charge < -0.3 is 15.0 Å². The molecule has 0 bridgehead atoms. The van der Waals surface area contributed by atoms with Crippen LogP contribution in [0.25, 0.3) is 0 Å². The van der Waals surface area contributed by atoms with Gasteiger partial charge in [-0.3, -0.25) is 9.59 Å². The molecule has 0 aromatic rings. The number of nitrogens with one attached hydrogen (secondary N) is 1. The standard InChI is InChI=1S/C16H30N2O3/c1-10(2)9-13-16(20)18(12(5)7-8-21-6)14(11(3)4)15(19)17-13/h10-14H,7-9H2,1-6H3,(H,17,19). The van der Waals surface area contributed by atoms with Crippen molar-refractivity contribution in [3.8, 4) is 0 Å². The number of hydrogen-bond donors (Lipinski definition) is 1. The van der Waals surface area contributed by atoms with E-state index in [1.807, 2.05) is 20.8 Å². The summed E-state index contributed by atoms with van der Waals surface area (Å²) in [6.45, 7) is 10.7. The van der Waals surface area contributed by atoms with Crippen molar-refractivity contribution in [1.82, 2.24) is 10.2 Å². The van der Waals surface area contributed by atoms with Crippen LogP contribution in [0.1, 0.15) is 47.5 Å². The zero-order valence-corrected chi connectivity index (χ0v) is 14.2. The number of piperazine rings is 1. The van der Waals surface area contributed by atoms with Crippen molar-refractivity contribution in [2.24, 2.45) is 11.8 Å². The Morgan fingerprint density at radius 2 is 1.81 bits per heavy atom. The predicted molar refractivity (Wildman–Crippen MR) is 82.8 cm³/mol. The van der Waals surface area contributed by atoms with Crippen LogP contribution in [-0.2, 0) is 14.3 Å². The third-order valence-electron chi connectivity index (χ3n) is 3.99. The first-order chi connectivity index (χ1) is 9.79. The van der Waals surface area contributed by atoms with Crippen LogP contribution in [0.2, 0.25) is 0 Å². The molecule has 21 heavy (non-hydrogen) atoms. The molecule has 0 aliphatic carbocycles. The Morgan fingerprint density at radius 3 is 2.29 bits per heavy atom. The lowest BCUT2D eigenvalue weighted by molar-refractivity contribution is -0.154. The van der Waals surface area contributed by atoms with E-state index in [4.69, 9.17) is 4.74 Å². The molecule has 1 aliphatic heterocycles. The summed E-state index contributed by atoms with van der Waals surface area (Å²) in [5.41, 5.74) is 0. The van der Waals surface area contributed by atoms with Gasteiger partial charge in [-0.25, -0.2) is 0 Å². The summed E-state index contributed by atoms with van der Waals surface area (Å²) in [4.78, 5) is 27.0. The minimum Gasteiger partial charge on any atom is -0.385 e. The topological polar surface area (TPSA) is 58.6 Å². The molecule has 1 aliphatic rings. The Kier molecular flexibility index (Phi) is 6.65. The number of rotatable bonds is 7. The highest BCUT2D eigenvalue weighted by molar-refractivity contribution is 5.97. The van der Waals surface area contributed by atoms with Crippen molar-refractivity contribution in [2.45, 2.75) is 65.6 Å². The van der Waals surface area contributed by atoms with Crippen LogP contribution in [0.15, 0.2) is 0 Å². The lowest BCUT2D eigenvalue weighted by atomic mass is 9.92. The minimum absolute atomic E-state index is 0.00515. The average Bonchev–Trinajstić information content (AvgIpc) is 2.38. The van der Waals surface area contributed by atoms with Gasteiger partial charge in [0.05, 0.1) is 0 Å². The summed E-state index contributed by atoms with van der Waals surface area (Å²) in [5, 5.41) is 2.91. The number of ether oxygens (including phenoxy) is 1. The van der Waals surface area contributed by atoms with Crippen molar-refractivity contribution in [1.29, 1.82) is 0 Å². The summed E-state index contributed by atoms with van der Waals surface area (Å²) in [6.07, 6.45) is 1.43. The molecule has 3 unspecified atom stereocenters. The second-order valence-corrected chi connectivity index (χ2v) is 6.76. The number of carbonyl (C=O) groups is 2. The molecule has 0 aromatic carbocycles. The molecule has 0 aromatic heterocycles. The number of carbonyl (C=O) groups excluding carboxylic acids is 2. The maximum atomic E-state index is 12.8. The summed E-state index contributed by atoms with van der Waals surface area (Å²) in [6, 6.07) is -0.768. The van der Waals surface area contributed by atoms with Gasteiger partial charge in [0.1, 0.15) is 12.1 Å². The van der Waals surface area contributed by atoms with Crippen molar-refractivity contribution in [3.05, 3.63) is 0 Å². The fourth-order valence-electron chi connectivity index (χ4n) is 2.94. The Labute approximate surface area is 128 Å². The van der Waals surface area contributed by atoms with Gasteiger partial charge in [0.2, 0.25) is 11.8 Å². The van der Waals surface area contributed by atoms with E-state index in [9.17, 15) is 9.59 Å². The third-order valence-corrected chi connectivity index (χ3v) is 3.99. The van der Waals surface area contributed by atoms with Crippen LogP contribution < -0.4 is 5.32 Å². The zero-order valence-electron chi connectivity index (χ0n) is 14.2. The van der Waals surface area contributed by atoms with E-state index in [1.165, 1.54) is 0 Å². The minimum atomic E-state index is -0.391. The fraction of sp³-hybridized carbons (Fsp3) is 0.875. The molecular formula is C16H30N2O3. The van der Waals surface area contributed by atoms with Crippen LogP contribution in [0.5, 0.6) is 0 Å². The first-order valence-electron chi connectivity index (χ1n) is 7.91. The van der Waals surface area contributed by atoms with Crippen molar-refractivity contribution >= 4 is 11.8 Å². The second-order valence-electron chi connectivity index (χ2n) is 6.76. The van der Waals surface area contributed by atoms with Gasteiger partial charge in [-0.15, -0.1) is 0 Å². The molecule has 0 saturated carbocycles. The molecule has 5 heteroatoms. The number of hydrogen-bond acceptors (Lipinski definition) is 3. The molecule has 1 N–H and O–H groups in total. The highest BCUT2D eigenvalue weighted by Gasteiger charge is 2.43. The van der Waals surface area contributed by atoms with E-state index in [2.05, 4.69) is 19.2 Å². The molecule has 122 valence electrons. The molecule has 1 saturated heterocycles. The van der Waals surface area contributed by atoms with E-state index < -0.39 is 6.04 Å². The zero-order chi connectivity index (χ0) is 16.2. The van der Waals surface area contributed by atoms with E-state index in [0.29, 0.717) is 18.9 Å². The number of amides is 2. The summed E-state index contributed by atoms with van der Waals surface area (Å²) in [5.74, 6) is 0.482. The van der Waals surface area contributed by atoms with Crippen LogP contribution >= 0.6 is 0 Å². The predicted octanol–water partition coefficient (Wildman–Crippen LogP) is 1.81. The molecule has 1 rings (SSSR count). The Hall–Kier alpha value is -1.10. The Balaban J connectivity index is 2.97. The van der Waals surface area contributed by atoms with Crippen molar-refractivity contribution in [3.63, 3.8) is 0 Å². The number of nitrogens with zero attached hydrogens (tertiary/aromatic N) is 1. The normalized spacial score (nSPS) is 24.7. The molecule has 0 spiro atoms. The van der Waals surface area contributed by atoms with Gasteiger partial charge in [-0.1, -0.05) is 27.7 Å². The van der Waals surface area contributed by atoms with Crippen LogP contribution in [0.4, 0.5) is 0 Å². The third kappa shape index (κ3) is 4.43. The average molecular weight is 298 g/mol. The Morgan fingerprint density at radius 1 is 1.19 bits per heavy atom. The smallest absolute Gasteiger partial charge is 0.246 e. The summed E-state index contributed by atoms with van der Waals surface area (Å²) < 4.78 is 5.11. The lowest BCUT2D eigenvalue weighted by Gasteiger charge is -2.44.